The van der Waals surface area contributed by atoms with Crippen LogP contribution in [0.25, 0.3) is 0 Å². The Kier molecular flexibility index (Phi) is 2.66. The standard InChI is InChI=1S/C10H16BrN3/c1-6-4-8(6)12-5-9-10(11)7(2)13-14(9)3/h6,8,12H,4-5H2,1-3H3/t6-,8-/m1/s1. The van der Waals surface area contributed by atoms with Crippen molar-refractivity contribution in [3.63, 3.8) is 0 Å². The molecule has 1 aliphatic rings. The summed E-state index contributed by atoms with van der Waals surface area (Å²) in [4.78, 5) is 0. The summed E-state index contributed by atoms with van der Waals surface area (Å²) in [7, 11) is 1.99. The number of aromatic nitrogens is 2. The Morgan fingerprint density at radius 1 is 1.64 bits per heavy atom. The van der Waals surface area contributed by atoms with Gasteiger partial charge < -0.3 is 5.32 Å². The van der Waals surface area contributed by atoms with Gasteiger partial charge in [0.2, 0.25) is 0 Å². The molecule has 0 spiro atoms. The Hall–Kier alpha value is -0.350. The van der Waals surface area contributed by atoms with Crippen LogP contribution in [0.5, 0.6) is 0 Å². The van der Waals surface area contributed by atoms with Gasteiger partial charge in [-0.15, -0.1) is 0 Å². The first-order valence-corrected chi connectivity index (χ1v) is 5.80. The van der Waals surface area contributed by atoms with Gasteiger partial charge in [-0.2, -0.15) is 5.10 Å². The summed E-state index contributed by atoms with van der Waals surface area (Å²) in [5.74, 6) is 0.850. The van der Waals surface area contributed by atoms with E-state index < -0.39 is 0 Å². The second-order valence-corrected chi connectivity index (χ2v) is 4.96. The van der Waals surface area contributed by atoms with Crippen molar-refractivity contribution in [2.45, 2.75) is 32.9 Å². The molecule has 1 heterocycles. The Balaban J connectivity index is 2.01. The Morgan fingerprint density at radius 3 is 2.71 bits per heavy atom. The molecule has 14 heavy (non-hydrogen) atoms. The zero-order valence-corrected chi connectivity index (χ0v) is 10.4. The molecule has 2 atom stereocenters. The highest BCUT2D eigenvalue weighted by Crippen LogP contribution is 2.30. The molecule has 0 amide bonds. The predicted molar refractivity (Wildman–Crippen MR) is 60.1 cm³/mol. The molecule has 0 radical (unpaired) electrons. The molecule has 1 saturated carbocycles. The number of nitrogens with one attached hydrogen (secondary N) is 1. The second kappa shape index (κ2) is 3.66. The summed E-state index contributed by atoms with van der Waals surface area (Å²) in [6.07, 6.45) is 1.31. The molecular formula is C10H16BrN3. The first-order chi connectivity index (χ1) is 6.59. The molecule has 1 N–H and O–H groups in total. The molecule has 4 heteroatoms. The minimum atomic E-state index is 0.720. The number of halogens is 1. The lowest BCUT2D eigenvalue weighted by molar-refractivity contribution is 0.603. The maximum absolute atomic E-state index is 4.36. The fourth-order valence-corrected chi connectivity index (χ4v) is 2.18. The van der Waals surface area contributed by atoms with Crippen LogP contribution < -0.4 is 5.32 Å². The maximum atomic E-state index is 4.36. The fraction of sp³-hybridized carbons (Fsp3) is 0.700. The van der Waals surface area contributed by atoms with Gasteiger partial charge in [-0.05, 0) is 35.2 Å². The zero-order chi connectivity index (χ0) is 10.3. The smallest absolute Gasteiger partial charge is 0.0739 e. The van der Waals surface area contributed by atoms with Gasteiger partial charge in [0, 0.05) is 19.6 Å². The van der Waals surface area contributed by atoms with Crippen LogP contribution in [0.1, 0.15) is 24.7 Å². The highest BCUT2D eigenvalue weighted by atomic mass is 79.9. The normalized spacial score (nSPS) is 25.4. The molecule has 78 valence electrons. The predicted octanol–water partition coefficient (Wildman–Crippen LogP) is 1.99. The molecule has 1 aliphatic carbocycles. The highest BCUT2D eigenvalue weighted by molar-refractivity contribution is 9.10. The van der Waals surface area contributed by atoms with Crippen LogP contribution in [-0.4, -0.2) is 15.8 Å². The molecule has 1 fully saturated rings. The van der Waals surface area contributed by atoms with E-state index in [1.807, 2.05) is 18.7 Å². The number of hydrogen-bond donors (Lipinski definition) is 1. The SMILES string of the molecule is Cc1nn(C)c(CN[C@@H]2C[C@H]2C)c1Br. The average Bonchev–Trinajstić information content (AvgIpc) is 2.75. The Morgan fingerprint density at radius 2 is 2.29 bits per heavy atom. The average molecular weight is 258 g/mol. The van der Waals surface area contributed by atoms with Crippen molar-refractivity contribution in [2.24, 2.45) is 13.0 Å². The van der Waals surface area contributed by atoms with E-state index >= 15 is 0 Å². The molecule has 0 aromatic carbocycles. The van der Waals surface area contributed by atoms with Crippen molar-refractivity contribution in [1.29, 1.82) is 0 Å². The zero-order valence-electron chi connectivity index (χ0n) is 8.84. The number of hydrogen-bond acceptors (Lipinski definition) is 2. The lowest BCUT2D eigenvalue weighted by Gasteiger charge is -2.04. The van der Waals surface area contributed by atoms with Crippen molar-refractivity contribution in [2.75, 3.05) is 0 Å². The molecule has 1 aromatic rings. The molecule has 2 rings (SSSR count). The minimum Gasteiger partial charge on any atom is -0.308 e. The molecule has 3 nitrogen and oxygen atoms in total. The monoisotopic (exact) mass is 257 g/mol. The summed E-state index contributed by atoms with van der Waals surface area (Å²) in [5.41, 5.74) is 2.30. The van der Waals surface area contributed by atoms with E-state index in [2.05, 4.69) is 33.3 Å². The van der Waals surface area contributed by atoms with Gasteiger partial charge in [-0.25, -0.2) is 0 Å². The van der Waals surface area contributed by atoms with E-state index in [1.165, 1.54) is 12.1 Å². The highest BCUT2D eigenvalue weighted by Gasteiger charge is 2.32. The van der Waals surface area contributed by atoms with Gasteiger partial charge in [0.05, 0.1) is 15.9 Å². The summed E-state index contributed by atoms with van der Waals surface area (Å²) in [5, 5.41) is 7.88. The van der Waals surface area contributed by atoms with Gasteiger partial charge in [0.25, 0.3) is 0 Å². The number of rotatable bonds is 3. The van der Waals surface area contributed by atoms with Crippen LogP contribution in [0.15, 0.2) is 4.47 Å². The van der Waals surface area contributed by atoms with Gasteiger partial charge in [0.15, 0.2) is 0 Å². The third-order valence-electron chi connectivity index (χ3n) is 2.90. The third-order valence-corrected chi connectivity index (χ3v) is 3.93. The van der Waals surface area contributed by atoms with E-state index in [-0.39, 0.29) is 0 Å². The first-order valence-electron chi connectivity index (χ1n) is 5.01. The van der Waals surface area contributed by atoms with Gasteiger partial charge in [-0.3, -0.25) is 4.68 Å². The lowest BCUT2D eigenvalue weighted by Crippen LogP contribution is -2.19. The summed E-state index contributed by atoms with van der Waals surface area (Å²) < 4.78 is 3.08. The van der Waals surface area contributed by atoms with Gasteiger partial charge in [0.1, 0.15) is 0 Å². The van der Waals surface area contributed by atoms with Gasteiger partial charge in [-0.1, -0.05) is 6.92 Å². The van der Waals surface area contributed by atoms with Crippen molar-refractivity contribution < 1.29 is 0 Å². The second-order valence-electron chi connectivity index (χ2n) is 4.17. The van der Waals surface area contributed by atoms with Crippen LogP contribution in [0, 0.1) is 12.8 Å². The summed E-state index contributed by atoms with van der Waals surface area (Å²) in [6, 6.07) is 0.720. The van der Waals surface area contributed by atoms with E-state index in [0.29, 0.717) is 0 Å². The summed E-state index contributed by atoms with van der Waals surface area (Å²) in [6.45, 7) is 5.21. The lowest BCUT2D eigenvalue weighted by atomic mass is 10.3. The number of aryl methyl sites for hydroxylation is 2. The quantitative estimate of drug-likeness (QED) is 0.898. The van der Waals surface area contributed by atoms with Crippen molar-refractivity contribution >= 4 is 15.9 Å². The van der Waals surface area contributed by atoms with Gasteiger partial charge >= 0.3 is 0 Å². The van der Waals surface area contributed by atoms with Crippen molar-refractivity contribution in [3.8, 4) is 0 Å². The Labute approximate surface area is 93.0 Å². The van der Waals surface area contributed by atoms with E-state index in [9.17, 15) is 0 Å². The minimum absolute atomic E-state index is 0.720. The summed E-state index contributed by atoms with van der Waals surface area (Å²) >= 11 is 3.56. The number of nitrogens with zero attached hydrogens (tertiary/aromatic N) is 2. The molecular weight excluding hydrogens is 242 g/mol. The van der Waals surface area contributed by atoms with E-state index in [1.54, 1.807) is 0 Å². The molecule has 0 unspecified atom stereocenters. The largest absolute Gasteiger partial charge is 0.308 e. The van der Waals surface area contributed by atoms with Crippen LogP contribution in [0.3, 0.4) is 0 Å². The molecule has 0 bridgehead atoms. The van der Waals surface area contributed by atoms with E-state index in [4.69, 9.17) is 0 Å². The van der Waals surface area contributed by atoms with Crippen LogP contribution in [0.2, 0.25) is 0 Å². The fourth-order valence-electron chi connectivity index (χ4n) is 1.71. The van der Waals surface area contributed by atoms with Crippen LogP contribution in [-0.2, 0) is 13.6 Å². The molecule has 0 aliphatic heterocycles. The van der Waals surface area contributed by atoms with E-state index in [0.717, 1.165) is 28.7 Å². The topological polar surface area (TPSA) is 29.9 Å². The van der Waals surface area contributed by atoms with Crippen LogP contribution in [0.4, 0.5) is 0 Å². The maximum Gasteiger partial charge on any atom is 0.0739 e. The van der Waals surface area contributed by atoms with Crippen molar-refractivity contribution in [3.05, 3.63) is 15.9 Å². The molecule has 0 saturated heterocycles. The van der Waals surface area contributed by atoms with Crippen molar-refractivity contribution in [1.82, 2.24) is 15.1 Å². The Bertz CT molecular complexity index is 345. The van der Waals surface area contributed by atoms with Crippen LogP contribution >= 0.6 is 15.9 Å². The first kappa shape index (κ1) is 10.2. The molecule has 1 aromatic heterocycles. The third kappa shape index (κ3) is 1.86.